The van der Waals surface area contributed by atoms with E-state index in [0.717, 1.165) is 0 Å². The number of amides is 1. The molecule has 0 unspecified atom stereocenters. The van der Waals surface area contributed by atoms with Crippen LogP contribution in [0.5, 0.6) is 0 Å². The zero-order valence-corrected chi connectivity index (χ0v) is 15.5. The summed E-state index contributed by atoms with van der Waals surface area (Å²) in [6, 6.07) is 12.7. The first-order chi connectivity index (χ1) is 14.2. The lowest BCUT2D eigenvalue weighted by Gasteiger charge is -2.04. The van der Waals surface area contributed by atoms with Gasteiger partial charge in [0.2, 0.25) is 17.6 Å². The highest BCUT2D eigenvalue weighted by Crippen LogP contribution is 2.12. The Morgan fingerprint density at radius 3 is 2.79 bits per heavy atom. The highest BCUT2D eigenvalue weighted by molar-refractivity contribution is 5.76. The molecule has 3 aromatic heterocycles. The van der Waals surface area contributed by atoms with Crippen LogP contribution < -0.4 is 10.9 Å². The fraction of sp³-hybridized carbons (Fsp3) is 0.200. The third kappa shape index (κ3) is 4.52. The van der Waals surface area contributed by atoms with Crippen molar-refractivity contribution in [1.82, 2.24) is 30.4 Å². The fourth-order valence-electron chi connectivity index (χ4n) is 2.82. The molecule has 9 heteroatoms. The van der Waals surface area contributed by atoms with E-state index in [-0.39, 0.29) is 24.3 Å². The molecular weight excluding hydrogens is 372 g/mol. The largest absolute Gasteiger partial charge is 0.356 e. The zero-order valence-electron chi connectivity index (χ0n) is 15.5. The molecule has 0 spiro atoms. The van der Waals surface area contributed by atoms with Crippen molar-refractivity contribution in [1.29, 1.82) is 0 Å². The molecule has 3 heterocycles. The molecule has 146 valence electrons. The summed E-state index contributed by atoms with van der Waals surface area (Å²) in [7, 11) is 0. The predicted molar refractivity (Wildman–Crippen MR) is 105 cm³/mol. The number of aromatic nitrogens is 5. The van der Waals surface area contributed by atoms with Crippen LogP contribution in [-0.4, -0.2) is 37.5 Å². The fourth-order valence-corrected chi connectivity index (χ4v) is 2.82. The summed E-state index contributed by atoms with van der Waals surface area (Å²) in [6.45, 7) is 0.351. The lowest BCUT2D eigenvalue weighted by Crippen LogP contribution is -2.27. The summed E-state index contributed by atoms with van der Waals surface area (Å²) in [5.41, 5.74) is 2.07. The van der Waals surface area contributed by atoms with E-state index in [1.165, 1.54) is 0 Å². The molecule has 4 rings (SSSR count). The average Bonchev–Trinajstić information content (AvgIpc) is 3.22. The maximum absolute atomic E-state index is 12.1. The minimum Gasteiger partial charge on any atom is -0.356 e. The van der Waals surface area contributed by atoms with Crippen LogP contribution in [0.4, 0.5) is 0 Å². The summed E-state index contributed by atoms with van der Waals surface area (Å²) in [6.07, 6.45) is 2.48. The monoisotopic (exact) mass is 390 g/mol. The van der Waals surface area contributed by atoms with Crippen molar-refractivity contribution in [3.8, 4) is 11.5 Å². The van der Waals surface area contributed by atoms with E-state index in [9.17, 15) is 9.59 Å². The average molecular weight is 390 g/mol. The molecule has 0 aliphatic rings. The Balaban J connectivity index is 1.27. The number of rotatable bonds is 7. The Labute approximate surface area is 165 Å². The maximum Gasteiger partial charge on any atom is 0.270 e. The van der Waals surface area contributed by atoms with Crippen LogP contribution in [0.25, 0.3) is 22.6 Å². The Kier molecular flexibility index (Phi) is 5.37. The topological polar surface area (TPSA) is 127 Å². The van der Waals surface area contributed by atoms with Crippen molar-refractivity contribution in [3.05, 3.63) is 70.6 Å². The normalized spacial score (nSPS) is 10.9. The van der Waals surface area contributed by atoms with Gasteiger partial charge in [-0.1, -0.05) is 23.4 Å². The predicted octanol–water partition coefficient (Wildman–Crippen LogP) is 1.66. The lowest BCUT2D eigenvalue weighted by atomic mass is 10.2. The van der Waals surface area contributed by atoms with Gasteiger partial charge in [0.15, 0.2) is 0 Å². The number of aromatic amines is 1. The van der Waals surface area contributed by atoms with E-state index >= 15 is 0 Å². The highest BCUT2D eigenvalue weighted by atomic mass is 16.5. The number of hydrogen-bond acceptors (Lipinski definition) is 7. The van der Waals surface area contributed by atoms with Gasteiger partial charge in [-0.25, -0.2) is 4.98 Å². The maximum atomic E-state index is 12.1. The summed E-state index contributed by atoms with van der Waals surface area (Å²) in [4.78, 5) is 39.7. The van der Waals surface area contributed by atoms with Gasteiger partial charge in [-0.05, 0) is 24.3 Å². The smallest absolute Gasteiger partial charge is 0.270 e. The molecule has 0 atom stereocenters. The lowest BCUT2D eigenvalue weighted by molar-refractivity contribution is -0.121. The van der Waals surface area contributed by atoms with Crippen molar-refractivity contribution >= 4 is 16.9 Å². The van der Waals surface area contributed by atoms with Crippen LogP contribution >= 0.6 is 0 Å². The summed E-state index contributed by atoms with van der Waals surface area (Å²) in [5.74, 6) is 0.649. The molecule has 4 aromatic rings. The number of pyridine rings is 1. The first kappa shape index (κ1) is 18.5. The molecule has 1 amide bonds. The number of nitrogens with zero attached hydrogens (tertiary/aromatic N) is 4. The first-order valence-electron chi connectivity index (χ1n) is 9.18. The van der Waals surface area contributed by atoms with Crippen molar-refractivity contribution in [2.45, 2.75) is 19.3 Å². The molecule has 0 aliphatic heterocycles. The summed E-state index contributed by atoms with van der Waals surface area (Å²) in [5, 5.41) is 6.67. The number of para-hydroxylation sites is 2. The van der Waals surface area contributed by atoms with Crippen LogP contribution in [0.15, 0.2) is 58.0 Å². The van der Waals surface area contributed by atoms with E-state index in [1.54, 1.807) is 24.4 Å². The molecule has 2 N–H and O–H groups in total. The zero-order chi connectivity index (χ0) is 20.1. The second-order valence-corrected chi connectivity index (χ2v) is 6.36. The van der Waals surface area contributed by atoms with Crippen molar-refractivity contribution in [3.63, 3.8) is 0 Å². The molecule has 9 nitrogen and oxygen atoms in total. The van der Waals surface area contributed by atoms with Crippen LogP contribution in [0.3, 0.4) is 0 Å². The van der Waals surface area contributed by atoms with Crippen molar-refractivity contribution in [2.24, 2.45) is 0 Å². The molecule has 29 heavy (non-hydrogen) atoms. The summed E-state index contributed by atoms with van der Waals surface area (Å²) < 4.78 is 5.18. The molecule has 0 radical (unpaired) electrons. The molecule has 0 aliphatic carbocycles. The number of H-pyrrole nitrogens is 1. The number of nitrogens with one attached hydrogen (secondary N) is 2. The Bertz CT molecular complexity index is 1190. The number of aryl methyl sites for hydroxylation is 1. The SMILES string of the molecule is O=C(CCc1nc2ccccc2[nH]c1=O)NCCc1nc(-c2ccccn2)no1. The number of carbonyl (C=O) groups is 1. The second-order valence-electron chi connectivity index (χ2n) is 6.36. The van der Waals surface area contributed by atoms with Crippen molar-refractivity contribution < 1.29 is 9.32 Å². The van der Waals surface area contributed by atoms with E-state index in [1.807, 2.05) is 24.3 Å². The minimum absolute atomic E-state index is 0.164. The van der Waals surface area contributed by atoms with Crippen LogP contribution in [0.1, 0.15) is 18.0 Å². The Morgan fingerprint density at radius 1 is 1.07 bits per heavy atom. The molecule has 0 bridgehead atoms. The van der Waals surface area contributed by atoms with Gasteiger partial charge >= 0.3 is 0 Å². The van der Waals surface area contributed by atoms with Gasteiger partial charge in [0, 0.05) is 32.0 Å². The number of benzene rings is 1. The van der Waals surface area contributed by atoms with Gasteiger partial charge in [0.1, 0.15) is 11.4 Å². The Hall–Kier alpha value is -3.88. The van der Waals surface area contributed by atoms with E-state index in [0.29, 0.717) is 47.1 Å². The first-order valence-corrected chi connectivity index (χ1v) is 9.18. The molecule has 0 saturated heterocycles. The van der Waals surface area contributed by atoms with E-state index in [2.05, 4.69) is 30.4 Å². The van der Waals surface area contributed by atoms with Gasteiger partial charge in [-0.2, -0.15) is 4.98 Å². The van der Waals surface area contributed by atoms with E-state index in [4.69, 9.17) is 4.52 Å². The van der Waals surface area contributed by atoms with Crippen LogP contribution in [0, 0.1) is 0 Å². The van der Waals surface area contributed by atoms with Gasteiger partial charge in [-0.15, -0.1) is 0 Å². The third-order valence-corrected chi connectivity index (χ3v) is 4.28. The number of carbonyl (C=O) groups excluding carboxylic acids is 1. The Morgan fingerprint density at radius 2 is 1.93 bits per heavy atom. The van der Waals surface area contributed by atoms with E-state index < -0.39 is 0 Å². The summed E-state index contributed by atoms with van der Waals surface area (Å²) >= 11 is 0. The van der Waals surface area contributed by atoms with Gasteiger partial charge in [0.05, 0.1) is 11.0 Å². The quantitative estimate of drug-likeness (QED) is 0.491. The molecule has 0 saturated carbocycles. The molecular formula is C20H18N6O3. The van der Waals surface area contributed by atoms with Crippen molar-refractivity contribution in [2.75, 3.05) is 6.54 Å². The third-order valence-electron chi connectivity index (χ3n) is 4.28. The molecule has 1 aromatic carbocycles. The van der Waals surface area contributed by atoms with Crippen LogP contribution in [-0.2, 0) is 17.6 Å². The van der Waals surface area contributed by atoms with Gasteiger partial charge < -0.3 is 14.8 Å². The number of hydrogen-bond donors (Lipinski definition) is 2. The van der Waals surface area contributed by atoms with Gasteiger partial charge in [0.25, 0.3) is 5.56 Å². The van der Waals surface area contributed by atoms with Crippen LogP contribution in [0.2, 0.25) is 0 Å². The highest BCUT2D eigenvalue weighted by Gasteiger charge is 2.11. The minimum atomic E-state index is -0.274. The number of fused-ring (bicyclic) bond motifs is 1. The molecule has 0 fully saturated rings. The van der Waals surface area contributed by atoms with Gasteiger partial charge in [-0.3, -0.25) is 14.6 Å². The standard InChI is InChI=1S/C20H18N6O3/c27-17(9-8-16-20(28)24-14-6-2-1-5-13(14)23-16)22-12-10-18-25-19(26-29-18)15-7-3-4-11-21-15/h1-7,11H,8-10,12H2,(H,22,27)(H,24,28). The second kappa shape index (κ2) is 8.42.